The number of ether oxygens (including phenoxy) is 2. The Morgan fingerprint density at radius 1 is 1.35 bits per heavy atom. The number of hydrogen-bond acceptors (Lipinski definition) is 9. The number of aldehydes is 1. The van der Waals surface area contributed by atoms with E-state index in [9.17, 15) is 9.59 Å². The minimum absolute atomic E-state index is 0.0678. The lowest BCUT2D eigenvalue weighted by atomic mass is 10.1. The molecule has 0 saturated carbocycles. The van der Waals surface area contributed by atoms with Gasteiger partial charge in [0.05, 0.1) is 30.5 Å². The van der Waals surface area contributed by atoms with Gasteiger partial charge >= 0.3 is 5.97 Å². The van der Waals surface area contributed by atoms with Crippen molar-refractivity contribution in [1.82, 2.24) is 9.97 Å². The van der Waals surface area contributed by atoms with E-state index >= 15 is 0 Å². The first-order valence-corrected chi connectivity index (χ1v) is 10.3. The standard InChI is InChI=1S/C20H27N5O4.C2H6/c1-6-28-19(27)18-15(11-26)17(12(2)3)23-20(24-18)25-9-13(4)29-16(10-25)14(7-21)8-22-5;1-2/h7-8,11,13,16H,2,6,9-10,21H2,1,3-5H3;1-2H3/b14-7+,22-8?;/t13-,16-;/m1./s1. The van der Waals surface area contributed by atoms with Crippen LogP contribution in [0, 0.1) is 0 Å². The highest BCUT2D eigenvalue weighted by Crippen LogP contribution is 2.25. The maximum Gasteiger partial charge on any atom is 0.357 e. The molecule has 31 heavy (non-hydrogen) atoms. The van der Waals surface area contributed by atoms with Crippen LogP contribution in [0.25, 0.3) is 5.57 Å². The number of allylic oxidation sites excluding steroid dienone is 1. The van der Waals surface area contributed by atoms with Crippen molar-refractivity contribution in [2.45, 2.75) is 46.8 Å². The fourth-order valence-electron chi connectivity index (χ4n) is 3.07. The molecular weight excluding hydrogens is 398 g/mol. The smallest absolute Gasteiger partial charge is 0.357 e. The zero-order chi connectivity index (χ0) is 23.6. The number of carbonyl (C=O) groups is 2. The fraction of sp³-hybridized carbons (Fsp3) is 0.500. The monoisotopic (exact) mass is 431 g/mol. The lowest BCUT2D eigenvalue weighted by molar-refractivity contribution is 0.00662. The van der Waals surface area contributed by atoms with E-state index < -0.39 is 5.97 Å². The van der Waals surface area contributed by atoms with Crippen LogP contribution in [0.2, 0.25) is 0 Å². The fourth-order valence-corrected chi connectivity index (χ4v) is 3.07. The first-order chi connectivity index (χ1) is 14.9. The summed E-state index contributed by atoms with van der Waals surface area (Å²) in [7, 11) is 1.65. The van der Waals surface area contributed by atoms with Crippen molar-refractivity contribution in [2.75, 3.05) is 31.6 Å². The number of hydrogen-bond donors (Lipinski definition) is 1. The molecule has 9 nitrogen and oxygen atoms in total. The maximum absolute atomic E-state index is 12.4. The minimum atomic E-state index is -0.681. The van der Waals surface area contributed by atoms with Crippen LogP contribution in [0.1, 0.15) is 61.2 Å². The SMILES string of the molecule is C=C(C)c1nc(N2C[C@@H](C)O[C@@H](/C(C=NC)=C/N)C2)nc(C(=O)OCC)c1C=O.CC. The van der Waals surface area contributed by atoms with Gasteiger partial charge in [-0.15, -0.1) is 0 Å². The van der Waals surface area contributed by atoms with E-state index in [2.05, 4.69) is 21.5 Å². The van der Waals surface area contributed by atoms with Crippen LogP contribution in [-0.4, -0.2) is 67.4 Å². The molecule has 2 atom stereocenters. The van der Waals surface area contributed by atoms with E-state index in [0.29, 0.717) is 36.6 Å². The van der Waals surface area contributed by atoms with Crippen LogP contribution in [0.15, 0.2) is 23.3 Å². The van der Waals surface area contributed by atoms with E-state index in [0.717, 1.165) is 5.57 Å². The molecule has 1 aliphatic heterocycles. The van der Waals surface area contributed by atoms with Gasteiger partial charge in [-0.25, -0.2) is 14.8 Å². The molecule has 170 valence electrons. The summed E-state index contributed by atoms with van der Waals surface area (Å²) < 4.78 is 11.1. The molecule has 0 amide bonds. The third-order valence-electron chi connectivity index (χ3n) is 4.31. The van der Waals surface area contributed by atoms with Crippen molar-refractivity contribution >= 4 is 30.0 Å². The van der Waals surface area contributed by atoms with Crippen molar-refractivity contribution in [3.63, 3.8) is 0 Å². The quantitative estimate of drug-likeness (QED) is 0.397. The molecule has 1 aromatic heterocycles. The largest absolute Gasteiger partial charge is 0.461 e. The Kier molecular flexibility index (Phi) is 10.5. The van der Waals surface area contributed by atoms with Crippen molar-refractivity contribution in [1.29, 1.82) is 0 Å². The van der Waals surface area contributed by atoms with Crippen LogP contribution < -0.4 is 10.6 Å². The van der Waals surface area contributed by atoms with Gasteiger partial charge in [-0.2, -0.15) is 0 Å². The highest BCUT2D eigenvalue weighted by atomic mass is 16.5. The number of nitrogens with zero attached hydrogens (tertiary/aromatic N) is 4. The van der Waals surface area contributed by atoms with E-state index in [-0.39, 0.29) is 30.1 Å². The number of esters is 1. The molecule has 1 saturated heterocycles. The van der Waals surface area contributed by atoms with Gasteiger partial charge in [-0.05, 0) is 26.3 Å². The summed E-state index contributed by atoms with van der Waals surface area (Å²) in [5, 5.41) is 0. The average molecular weight is 432 g/mol. The molecule has 0 radical (unpaired) electrons. The van der Waals surface area contributed by atoms with Gasteiger partial charge in [-0.3, -0.25) is 9.79 Å². The predicted molar refractivity (Wildman–Crippen MR) is 123 cm³/mol. The van der Waals surface area contributed by atoms with Gasteiger partial charge < -0.3 is 20.1 Å². The second-order valence-corrected chi connectivity index (χ2v) is 6.65. The second kappa shape index (κ2) is 12.6. The van der Waals surface area contributed by atoms with Crippen LogP contribution in [0.5, 0.6) is 0 Å². The van der Waals surface area contributed by atoms with E-state index in [1.54, 1.807) is 27.1 Å². The van der Waals surface area contributed by atoms with Gasteiger partial charge in [0.2, 0.25) is 5.95 Å². The summed E-state index contributed by atoms with van der Waals surface area (Å²) in [5.41, 5.74) is 7.29. The van der Waals surface area contributed by atoms with Crippen molar-refractivity contribution in [2.24, 2.45) is 10.7 Å². The molecular formula is C22H33N5O4. The van der Waals surface area contributed by atoms with E-state index in [1.807, 2.05) is 25.7 Å². The Morgan fingerprint density at radius 2 is 2.00 bits per heavy atom. The molecule has 0 unspecified atom stereocenters. The lowest BCUT2D eigenvalue weighted by Gasteiger charge is -2.37. The molecule has 1 fully saturated rings. The third-order valence-corrected chi connectivity index (χ3v) is 4.31. The zero-order valence-corrected chi connectivity index (χ0v) is 19.2. The summed E-state index contributed by atoms with van der Waals surface area (Å²) in [4.78, 5) is 38.8. The summed E-state index contributed by atoms with van der Waals surface area (Å²) in [5.74, 6) is -0.388. The number of aliphatic imine (C=N–C) groups is 1. The van der Waals surface area contributed by atoms with Gasteiger partial charge in [-0.1, -0.05) is 20.4 Å². The minimum Gasteiger partial charge on any atom is -0.461 e. The summed E-state index contributed by atoms with van der Waals surface area (Å²) in [6.07, 6.45) is 3.15. The van der Waals surface area contributed by atoms with Gasteiger partial charge in [0.15, 0.2) is 12.0 Å². The Morgan fingerprint density at radius 3 is 2.52 bits per heavy atom. The van der Waals surface area contributed by atoms with E-state index in [4.69, 9.17) is 15.2 Å². The zero-order valence-electron chi connectivity index (χ0n) is 19.2. The van der Waals surface area contributed by atoms with Crippen molar-refractivity contribution in [3.8, 4) is 0 Å². The highest BCUT2D eigenvalue weighted by Gasteiger charge is 2.31. The second-order valence-electron chi connectivity index (χ2n) is 6.65. The molecule has 0 bridgehead atoms. The Labute approximate surface area is 184 Å². The maximum atomic E-state index is 12.4. The topological polar surface area (TPSA) is 120 Å². The average Bonchev–Trinajstić information content (AvgIpc) is 2.77. The lowest BCUT2D eigenvalue weighted by Crippen LogP contribution is -2.48. The Hall–Kier alpha value is -3.07. The molecule has 2 N–H and O–H groups in total. The number of carbonyl (C=O) groups excluding carboxylic acids is 2. The predicted octanol–water partition coefficient (Wildman–Crippen LogP) is 2.66. The number of morpholine rings is 1. The summed E-state index contributed by atoms with van der Waals surface area (Å²) in [6.45, 7) is 14.3. The molecule has 2 heterocycles. The van der Waals surface area contributed by atoms with Crippen LogP contribution in [-0.2, 0) is 9.47 Å². The Bertz CT molecular complexity index is 851. The van der Waals surface area contributed by atoms with Crippen LogP contribution in [0.4, 0.5) is 5.95 Å². The molecule has 0 aromatic carbocycles. The van der Waals surface area contributed by atoms with Gasteiger partial charge in [0.1, 0.15) is 6.10 Å². The number of nitrogens with two attached hydrogens (primary N) is 1. The number of anilines is 1. The molecule has 2 rings (SSSR count). The van der Waals surface area contributed by atoms with Crippen molar-refractivity contribution < 1.29 is 19.1 Å². The highest BCUT2D eigenvalue weighted by molar-refractivity contribution is 5.99. The first kappa shape index (κ1) is 26.0. The normalized spacial score (nSPS) is 18.9. The molecule has 0 spiro atoms. The van der Waals surface area contributed by atoms with Gasteiger partial charge in [0.25, 0.3) is 0 Å². The molecule has 1 aliphatic rings. The summed E-state index contributed by atoms with van der Waals surface area (Å²) >= 11 is 0. The first-order valence-electron chi connectivity index (χ1n) is 10.3. The molecule has 0 aliphatic carbocycles. The molecule has 1 aromatic rings. The van der Waals surface area contributed by atoms with Crippen LogP contribution in [0.3, 0.4) is 0 Å². The summed E-state index contributed by atoms with van der Waals surface area (Å²) in [6, 6.07) is 0. The number of rotatable bonds is 7. The number of aromatic nitrogens is 2. The van der Waals surface area contributed by atoms with Crippen molar-refractivity contribution in [3.05, 3.63) is 35.3 Å². The Balaban J connectivity index is 0.00000233. The molecule has 9 heteroatoms. The third kappa shape index (κ3) is 6.45. The van der Waals surface area contributed by atoms with E-state index in [1.165, 1.54) is 6.20 Å². The van der Waals surface area contributed by atoms with Crippen LogP contribution >= 0.6 is 0 Å². The van der Waals surface area contributed by atoms with Gasteiger partial charge in [0, 0.05) is 31.6 Å².